The summed E-state index contributed by atoms with van der Waals surface area (Å²) in [7, 11) is 0. The molecule has 2 amide bonds. The second-order valence-corrected chi connectivity index (χ2v) is 3.63. The average molecular weight is 229 g/mol. The highest BCUT2D eigenvalue weighted by molar-refractivity contribution is 5.84. The highest BCUT2D eigenvalue weighted by Gasteiger charge is 2.17. The minimum absolute atomic E-state index is 0.0345. The number of likely N-dealkylation sites (N-methyl/N-ethyl adjacent to an activating group) is 1. The van der Waals surface area contributed by atoms with E-state index < -0.39 is 0 Å². The number of ether oxygens (including phenoxy) is 1. The Morgan fingerprint density at radius 2 is 2.19 bits per heavy atom. The molecule has 92 valence electrons. The van der Waals surface area contributed by atoms with Crippen molar-refractivity contribution in [3.63, 3.8) is 0 Å². The van der Waals surface area contributed by atoms with Crippen LogP contribution in [-0.2, 0) is 14.3 Å². The molecule has 0 spiro atoms. The van der Waals surface area contributed by atoms with E-state index in [0.29, 0.717) is 26.1 Å². The van der Waals surface area contributed by atoms with Crippen molar-refractivity contribution in [3.05, 3.63) is 0 Å². The predicted octanol–water partition coefficient (Wildman–Crippen LogP) is -1.38. The van der Waals surface area contributed by atoms with Gasteiger partial charge in [0.25, 0.3) is 0 Å². The number of rotatable bonds is 5. The lowest BCUT2D eigenvalue weighted by molar-refractivity contribution is -0.128. The van der Waals surface area contributed by atoms with Crippen LogP contribution in [0, 0.1) is 0 Å². The fourth-order valence-corrected chi connectivity index (χ4v) is 1.47. The maximum absolute atomic E-state index is 11.4. The number of hydrogen-bond acceptors (Lipinski definition) is 4. The molecule has 6 heteroatoms. The van der Waals surface area contributed by atoms with E-state index in [4.69, 9.17) is 4.74 Å². The van der Waals surface area contributed by atoms with Gasteiger partial charge in [-0.05, 0) is 6.92 Å². The Hall–Kier alpha value is -1.14. The predicted molar refractivity (Wildman–Crippen MR) is 58.9 cm³/mol. The van der Waals surface area contributed by atoms with Gasteiger partial charge in [-0.2, -0.15) is 0 Å². The molecule has 3 N–H and O–H groups in total. The summed E-state index contributed by atoms with van der Waals surface area (Å²) in [6.45, 7) is 4.60. The van der Waals surface area contributed by atoms with Crippen molar-refractivity contribution in [3.8, 4) is 0 Å². The van der Waals surface area contributed by atoms with E-state index in [1.807, 2.05) is 6.92 Å². The summed E-state index contributed by atoms with van der Waals surface area (Å²) < 4.78 is 5.38. The summed E-state index contributed by atoms with van der Waals surface area (Å²) in [5, 5.41) is 8.30. The smallest absolute Gasteiger partial charge is 0.239 e. The third-order valence-electron chi connectivity index (χ3n) is 2.24. The number of carbonyl (C=O) groups excluding carboxylic acids is 2. The third kappa shape index (κ3) is 5.09. The monoisotopic (exact) mass is 229 g/mol. The Morgan fingerprint density at radius 1 is 1.38 bits per heavy atom. The van der Waals surface area contributed by atoms with Gasteiger partial charge in [0.2, 0.25) is 11.8 Å². The van der Waals surface area contributed by atoms with Crippen LogP contribution in [0.25, 0.3) is 0 Å². The first kappa shape index (κ1) is 12.9. The highest BCUT2D eigenvalue weighted by Crippen LogP contribution is 2.00. The van der Waals surface area contributed by atoms with Gasteiger partial charge in [0.1, 0.15) is 0 Å². The lowest BCUT2D eigenvalue weighted by Gasteiger charge is -2.22. The highest BCUT2D eigenvalue weighted by atomic mass is 16.5. The average Bonchev–Trinajstić information content (AvgIpc) is 2.28. The molecule has 0 radical (unpaired) electrons. The molecule has 1 rings (SSSR count). The van der Waals surface area contributed by atoms with Crippen LogP contribution in [-0.4, -0.2) is 50.7 Å². The minimum Gasteiger partial charge on any atom is -0.375 e. The maximum Gasteiger partial charge on any atom is 0.239 e. The van der Waals surface area contributed by atoms with Crippen molar-refractivity contribution >= 4 is 11.8 Å². The van der Waals surface area contributed by atoms with Crippen LogP contribution in [0.2, 0.25) is 0 Å². The van der Waals surface area contributed by atoms with Gasteiger partial charge in [-0.25, -0.2) is 0 Å². The summed E-state index contributed by atoms with van der Waals surface area (Å²) in [5.41, 5.74) is 0. The molecular formula is C10H19N3O3. The largest absolute Gasteiger partial charge is 0.375 e. The van der Waals surface area contributed by atoms with E-state index in [9.17, 15) is 9.59 Å². The van der Waals surface area contributed by atoms with Crippen LogP contribution in [0.1, 0.15) is 13.3 Å². The zero-order valence-corrected chi connectivity index (χ0v) is 9.54. The molecule has 0 bridgehead atoms. The fraction of sp³-hybridized carbons (Fsp3) is 0.800. The van der Waals surface area contributed by atoms with Crippen molar-refractivity contribution in [1.82, 2.24) is 16.0 Å². The van der Waals surface area contributed by atoms with Crippen molar-refractivity contribution in [2.75, 3.05) is 32.8 Å². The van der Waals surface area contributed by atoms with Crippen LogP contribution in [0.15, 0.2) is 0 Å². The van der Waals surface area contributed by atoms with Gasteiger partial charge in [-0.1, -0.05) is 0 Å². The normalized spacial score (nSPS) is 20.2. The maximum atomic E-state index is 11.4. The van der Waals surface area contributed by atoms with E-state index in [1.165, 1.54) is 0 Å². The van der Waals surface area contributed by atoms with Crippen LogP contribution < -0.4 is 16.0 Å². The third-order valence-corrected chi connectivity index (χ3v) is 2.24. The second kappa shape index (κ2) is 7.19. The van der Waals surface area contributed by atoms with Gasteiger partial charge >= 0.3 is 0 Å². The molecule has 0 aliphatic carbocycles. The number of hydrogen-bond donors (Lipinski definition) is 3. The van der Waals surface area contributed by atoms with E-state index in [-0.39, 0.29) is 24.5 Å². The molecule has 6 nitrogen and oxygen atoms in total. The second-order valence-electron chi connectivity index (χ2n) is 3.63. The molecule has 0 aromatic rings. The molecule has 0 aromatic heterocycles. The van der Waals surface area contributed by atoms with Crippen molar-refractivity contribution in [1.29, 1.82) is 0 Å². The lowest BCUT2D eigenvalue weighted by atomic mass is 10.2. The van der Waals surface area contributed by atoms with Crippen LogP contribution in [0.3, 0.4) is 0 Å². The van der Waals surface area contributed by atoms with E-state index in [0.717, 1.165) is 6.54 Å². The molecule has 16 heavy (non-hydrogen) atoms. The topological polar surface area (TPSA) is 79.5 Å². The summed E-state index contributed by atoms with van der Waals surface area (Å²) >= 11 is 0. The molecule has 1 saturated heterocycles. The number of nitrogens with one attached hydrogen (secondary N) is 3. The standard InChI is InChI=1S/C10H19N3O3/c1-2-12-10(15)7-13-9(14)5-8-6-11-3-4-16-8/h8,11H,2-7H2,1H3,(H,12,15)(H,13,14). The molecular weight excluding hydrogens is 210 g/mol. The summed E-state index contributed by atoms with van der Waals surface area (Å²) in [4.78, 5) is 22.5. The lowest BCUT2D eigenvalue weighted by Crippen LogP contribution is -2.43. The van der Waals surface area contributed by atoms with E-state index >= 15 is 0 Å². The first-order valence-corrected chi connectivity index (χ1v) is 5.58. The number of amides is 2. The van der Waals surface area contributed by atoms with Gasteiger partial charge in [0.05, 0.1) is 25.7 Å². The molecule has 1 unspecified atom stereocenters. The van der Waals surface area contributed by atoms with E-state index in [2.05, 4.69) is 16.0 Å². The molecule has 1 aliphatic rings. The zero-order valence-electron chi connectivity index (χ0n) is 9.54. The van der Waals surface area contributed by atoms with Crippen molar-refractivity contribution in [2.24, 2.45) is 0 Å². The molecule has 1 atom stereocenters. The van der Waals surface area contributed by atoms with Crippen LogP contribution in [0.5, 0.6) is 0 Å². The Kier molecular flexibility index (Phi) is 5.81. The Balaban J connectivity index is 2.12. The number of carbonyl (C=O) groups is 2. The van der Waals surface area contributed by atoms with Gasteiger partial charge in [0, 0.05) is 19.6 Å². The van der Waals surface area contributed by atoms with Crippen LogP contribution in [0.4, 0.5) is 0 Å². The van der Waals surface area contributed by atoms with Crippen molar-refractivity contribution in [2.45, 2.75) is 19.4 Å². The molecule has 0 saturated carbocycles. The summed E-state index contributed by atoms with van der Waals surface area (Å²) in [6, 6.07) is 0. The first-order chi connectivity index (χ1) is 7.72. The minimum atomic E-state index is -0.168. The zero-order chi connectivity index (χ0) is 11.8. The molecule has 1 aliphatic heterocycles. The van der Waals surface area contributed by atoms with Crippen molar-refractivity contribution < 1.29 is 14.3 Å². The van der Waals surface area contributed by atoms with Gasteiger partial charge in [-0.3, -0.25) is 9.59 Å². The Morgan fingerprint density at radius 3 is 2.81 bits per heavy atom. The molecule has 1 heterocycles. The van der Waals surface area contributed by atoms with Crippen LogP contribution >= 0.6 is 0 Å². The van der Waals surface area contributed by atoms with Gasteiger partial charge in [0.15, 0.2) is 0 Å². The summed E-state index contributed by atoms with van der Waals surface area (Å²) in [5.74, 6) is -0.321. The van der Waals surface area contributed by atoms with Gasteiger partial charge in [-0.15, -0.1) is 0 Å². The van der Waals surface area contributed by atoms with E-state index in [1.54, 1.807) is 0 Å². The molecule has 0 aromatic carbocycles. The first-order valence-electron chi connectivity index (χ1n) is 5.58. The van der Waals surface area contributed by atoms with Gasteiger partial charge < -0.3 is 20.7 Å². The Bertz CT molecular complexity index is 239. The fourth-order valence-electron chi connectivity index (χ4n) is 1.47. The Labute approximate surface area is 95.1 Å². The summed E-state index contributed by atoms with van der Waals surface area (Å²) in [6.07, 6.45) is 0.217. The number of morpholine rings is 1. The quantitative estimate of drug-likeness (QED) is 0.543. The SMILES string of the molecule is CCNC(=O)CNC(=O)CC1CNCCO1. The molecule has 1 fully saturated rings.